The number of hydrazone groups is 1. The van der Waals surface area contributed by atoms with Crippen molar-refractivity contribution in [3.8, 4) is 11.3 Å². The smallest absolute Gasteiger partial charge is 0.354 e. The van der Waals surface area contributed by atoms with Gasteiger partial charge >= 0.3 is 12.0 Å². The second kappa shape index (κ2) is 9.94. The van der Waals surface area contributed by atoms with Crippen LogP contribution in [0.15, 0.2) is 64.6 Å². The molecule has 0 saturated carbocycles. The van der Waals surface area contributed by atoms with Gasteiger partial charge in [0.25, 0.3) is 0 Å². The van der Waals surface area contributed by atoms with E-state index in [-0.39, 0.29) is 5.69 Å². The van der Waals surface area contributed by atoms with Gasteiger partial charge in [0.15, 0.2) is 0 Å². The second-order valence-corrected chi connectivity index (χ2v) is 7.91. The number of hydrogen-bond acceptors (Lipinski definition) is 5. The van der Waals surface area contributed by atoms with Gasteiger partial charge in [0.2, 0.25) is 0 Å². The fraction of sp³-hybridized carbons (Fsp3) is 0.182. The van der Waals surface area contributed by atoms with E-state index in [0.717, 1.165) is 16.0 Å². The summed E-state index contributed by atoms with van der Waals surface area (Å²) in [6.45, 7) is 4.21. The number of aromatic carboxylic acids is 1. The minimum atomic E-state index is -1.03. The van der Waals surface area contributed by atoms with E-state index in [1.165, 1.54) is 34.5 Å². The highest BCUT2D eigenvalue weighted by Crippen LogP contribution is 2.26. The van der Waals surface area contributed by atoms with Crippen LogP contribution in [0.25, 0.3) is 11.3 Å². The van der Waals surface area contributed by atoms with Crippen molar-refractivity contribution in [3.05, 3.63) is 71.4 Å². The Morgan fingerprint density at radius 2 is 1.87 bits per heavy atom. The van der Waals surface area contributed by atoms with Gasteiger partial charge in [0.1, 0.15) is 5.69 Å². The van der Waals surface area contributed by atoms with Gasteiger partial charge in [-0.15, -0.1) is 0 Å². The Bertz CT molecular complexity index is 1110. The summed E-state index contributed by atoms with van der Waals surface area (Å²) in [5.41, 5.74) is 5.85. The third-order valence-corrected chi connectivity index (χ3v) is 5.36. The molecule has 9 heteroatoms. The molecule has 1 heterocycles. The number of carboxylic acids is 1. The maximum absolute atomic E-state index is 12.0. The Balaban J connectivity index is 1.55. The Labute approximate surface area is 184 Å². The van der Waals surface area contributed by atoms with Crippen LogP contribution in [0.1, 0.15) is 41.4 Å². The fourth-order valence-corrected chi connectivity index (χ4v) is 3.70. The lowest BCUT2D eigenvalue weighted by molar-refractivity contribution is 0.0685. The molecule has 2 amide bonds. The number of amides is 2. The zero-order valence-corrected chi connectivity index (χ0v) is 18.2. The third kappa shape index (κ3) is 5.73. The molecule has 2 aromatic carbocycles. The Kier molecular flexibility index (Phi) is 7.09. The molecule has 0 atom stereocenters. The summed E-state index contributed by atoms with van der Waals surface area (Å²) >= 11 is 1.25. The van der Waals surface area contributed by atoms with Crippen LogP contribution in [-0.4, -0.2) is 33.1 Å². The van der Waals surface area contributed by atoms with Gasteiger partial charge in [-0.3, -0.25) is 9.40 Å². The van der Waals surface area contributed by atoms with Gasteiger partial charge in [-0.05, 0) is 41.1 Å². The SMILES string of the molecule is CC(C)c1ccccc1SNC(=O)N/N=C/c1ccc(-c2cc(C(=O)O)n(C)n2)cc1. The normalized spacial score (nSPS) is 11.1. The molecule has 0 bridgehead atoms. The largest absolute Gasteiger partial charge is 0.477 e. The molecular formula is C22H23N5O3S. The van der Waals surface area contributed by atoms with Crippen molar-refractivity contribution in [1.82, 2.24) is 19.9 Å². The van der Waals surface area contributed by atoms with Gasteiger partial charge in [-0.1, -0.05) is 56.3 Å². The molecule has 3 rings (SSSR count). The number of hydrogen-bond donors (Lipinski definition) is 3. The summed E-state index contributed by atoms with van der Waals surface area (Å²) < 4.78 is 4.05. The molecule has 1 aromatic heterocycles. The zero-order chi connectivity index (χ0) is 22.4. The first-order chi connectivity index (χ1) is 14.8. The number of rotatable bonds is 7. The van der Waals surface area contributed by atoms with E-state index in [1.54, 1.807) is 19.2 Å². The molecule has 3 N–H and O–H groups in total. The van der Waals surface area contributed by atoms with E-state index in [2.05, 4.69) is 34.2 Å². The lowest BCUT2D eigenvalue weighted by atomic mass is 10.0. The van der Waals surface area contributed by atoms with E-state index in [0.29, 0.717) is 11.6 Å². The standard InChI is InChI=1S/C22H23N5O3S/c1-14(2)17-6-4-5-7-20(17)31-26-22(30)24-23-13-15-8-10-16(11-9-15)18-12-19(21(28)29)27(3)25-18/h4-14H,1-3H3,(H,28,29)(H2,24,26,30)/b23-13+. The highest BCUT2D eigenvalue weighted by molar-refractivity contribution is 7.98. The highest BCUT2D eigenvalue weighted by Gasteiger charge is 2.12. The Hall–Kier alpha value is -3.59. The number of carboxylic acid groups (broad SMARTS) is 1. The van der Waals surface area contributed by atoms with Gasteiger partial charge in [0, 0.05) is 17.5 Å². The van der Waals surface area contributed by atoms with Crippen LogP contribution in [-0.2, 0) is 7.05 Å². The summed E-state index contributed by atoms with van der Waals surface area (Å²) in [5, 5.41) is 17.3. The van der Waals surface area contributed by atoms with Crippen molar-refractivity contribution < 1.29 is 14.7 Å². The number of nitrogens with one attached hydrogen (secondary N) is 2. The van der Waals surface area contributed by atoms with Crippen molar-refractivity contribution in [2.24, 2.45) is 12.1 Å². The number of benzene rings is 2. The van der Waals surface area contributed by atoms with Gasteiger partial charge in [-0.2, -0.15) is 10.2 Å². The predicted octanol–water partition coefficient (Wildman–Crippen LogP) is 4.25. The van der Waals surface area contributed by atoms with Crippen molar-refractivity contribution in [2.75, 3.05) is 0 Å². The Morgan fingerprint density at radius 3 is 2.52 bits per heavy atom. The van der Waals surface area contributed by atoms with Crippen LogP contribution in [0.5, 0.6) is 0 Å². The molecule has 160 valence electrons. The van der Waals surface area contributed by atoms with Crippen molar-refractivity contribution in [3.63, 3.8) is 0 Å². The molecule has 0 aliphatic rings. The lowest BCUT2D eigenvalue weighted by Crippen LogP contribution is -2.27. The zero-order valence-electron chi connectivity index (χ0n) is 17.4. The van der Waals surface area contributed by atoms with Gasteiger partial charge < -0.3 is 5.11 Å². The average Bonchev–Trinajstić information content (AvgIpc) is 3.15. The molecule has 0 spiro atoms. The Morgan fingerprint density at radius 1 is 1.16 bits per heavy atom. The monoisotopic (exact) mass is 437 g/mol. The number of urea groups is 1. The van der Waals surface area contributed by atoms with E-state index in [1.807, 2.05) is 36.4 Å². The van der Waals surface area contributed by atoms with E-state index in [4.69, 9.17) is 5.11 Å². The molecule has 0 aliphatic heterocycles. The van der Waals surface area contributed by atoms with Crippen LogP contribution in [0, 0.1) is 0 Å². The first-order valence-corrected chi connectivity index (χ1v) is 10.4. The van der Waals surface area contributed by atoms with Gasteiger partial charge in [-0.25, -0.2) is 15.0 Å². The molecule has 0 fully saturated rings. The fourth-order valence-electron chi connectivity index (χ4n) is 2.89. The van der Waals surface area contributed by atoms with E-state index in [9.17, 15) is 9.59 Å². The van der Waals surface area contributed by atoms with Crippen LogP contribution >= 0.6 is 11.9 Å². The summed E-state index contributed by atoms with van der Waals surface area (Å²) in [6, 6.07) is 16.3. The molecule has 0 radical (unpaired) electrons. The van der Waals surface area contributed by atoms with Crippen LogP contribution in [0.3, 0.4) is 0 Å². The molecule has 0 aliphatic carbocycles. The van der Waals surface area contributed by atoms with Crippen molar-refractivity contribution in [1.29, 1.82) is 0 Å². The average molecular weight is 438 g/mol. The predicted molar refractivity (Wildman–Crippen MR) is 121 cm³/mol. The maximum atomic E-state index is 12.0. The summed E-state index contributed by atoms with van der Waals surface area (Å²) in [4.78, 5) is 24.1. The molecule has 3 aromatic rings. The second-order valence-electron chi connectivity index (χ2n) is 7.06. The first-order valence-electron chi connectivity index (χ1n) is 9.57. The number of carbonyl (C=O) groups excluding carboxylic acids is 1. The summed E-state index contributed by atoms with van der Waals surface area (Å²) in [5.74, 6) is -0.670. The topological polar surface area (TPSA) is 109 Å². The van der Waals surface area contributed by atoms with Crippen LogP contribution < -0.4 is 10.1 Å². The number of aryl methyl sites for hydroxylation is 1. The minimum Gasteiger partial charge on any atom is -0.477 e. The van der Waals surface area contributed by atoms with Gasteiger partial charge in [0.05, 0.1) is 11.9 Å². The third-order valence-electron chi connectivity index (χ3n) is 4.48. The molecule has 0 saturated heterocycles. The summed E-state index contributed by atoms with van der Waals surface area (Å²) in [7, 11) is 1.59. The lowest BCUT2D eigenvalue weighted by Gasteiger charge is -2.11. The van der Waals surface area contributed by atoms with Crippen LogP contribution in [0.2, 0.25) is 0 Å². The first kappa shape index (κ1) is 22.1. The van der Waals surface area contributed by atoms with E-state index >= 15 is 0 Å². The van der Waals surface area contributed by atoms with Crippen molar-refractivity contribution >= 4 is 30.2 Å². The van der Waals surface area contributed by atoms with E-state index < -0.39 is 12.0 Å². The quantitative estimate of drug-likeness (QED) is 0.291. The number of nitrogens with zero attached hydrogens (tertiary/aromatic N) is 3. The molecule has 31 heavy (non-hydrogen) atoms. The maximum Gasteiger partial charge on any atom is 0.354 e. The molecular weight excluding hydrogens is 414 g/mol. The number of aromatic nitrogens is 2. The highest BCUT2D eigenvalue weighted by atomic mass is 32.2. The molecule has 8 nitrogen and oxygen atoms in total. The summed E-state index contributed by atoms with van der Waals surface area (Å²) in [6.07, 6.45) is 1.52. The van der Waals surface area contributed by atoms with Crippen molar-refractivity contribution in [2.45, 2.75) is 24.7 Å². The molecule has 0 unspecified atom stereocenters. The van der Waals surface area contributed by atoms with Crippen LogP contribution in [0.4, 0.5) is 4.79 Å². The number of carbonyl (C=O) groups is 2. The minimum absolute atomic E-state index is 0.115.